The lowest BCUT2D eigenvalue weighted by Gasteiger charge is -2.42. The number of nitrogens with one attached hydrogen (secondary N) is 1. The van der Waals surface area contributed by atoms with E-state index in [1.54, 1.807) is 11.3 Å². The molecule has 106 valence electrons. The molecular weight excluding hydrogens is 272 g/mol. The molecule has 0 aliphatic heterocycles. The van der Waals surface area contributed by atoms with E-state index in [-0.39, 0.29) is 24.1 Å². The molecule has 0 spiro atoms. The van der Waals surface area contributed by atoms with Crippen molar-refractivity contribution in [1.29, 1.82) is 0 Å². The van der Waals surface area contributed by atoms with Crippen LogP contribution in [0.25, 0.3) is 10.1 Å². The monoisotopic (exact) mass is 290 g/mol. The topological polar surface area (TPSA) is 64.3 Å². The molecular formula is C15H18N2O2S. The summed E-state index contributed by atoms with van der Waals surface area (Å²) in [6.07, 6.45) is 0.854. The third kappa shape index (κ3) is 2.32. The molecule has 1 heterocycles. The fraction of sp³-hybridized carbons (Fsp3) is 0.400. The maximum Gasteiger partial charge on any atom is 0.253 e. The number of hydrogen-bond donors (Lipinski definition) is 2. The molecule has 5 heteroatoms. The van der Waals surface area contributed by atoms with E-state index in [1.165, 1.54) is 0 Å². The van der Waals surface area contributed by atoms with Crippen molar-refractivity contribution in [2.24, 2.45) is 5.73 Å². The SMILES string of the molecule is CCOC1CC(N)C1NC(=O)c1csc2ccccc12. The number of benzene rings is 1. The van der Waals surface area contributed by atoms with Gasteiger partial charge in [-0.2, -0.15) is 0 Å². The van der Waals surface area contributed by atoms with Crippen LogP contribution >= 0.6 is 11.3 Å². The Balaban J connectivity index is 1.76. The van der Waals surface area contributed by atoms with Gasteiger partial charge in [0, 0.05) is 28.1 Å². The maximum atomic E-state index is 12.4. The number of carbonyl (C=O) groups is 1. The van der Waals surface area contributed by atoms with Gasteiger partial charge in [-0.15, -0.1) is 11.3 Å². The van der Waals surface area contributed by atoms with E-state index in [9.17, 15) is 4.79 Å². The Labute approximate surface area is 121 Å². The van der Waals surface area contributed by atoms with Crippen molar-refractivity contribution >= 4 is 27.3 Å². The molecule has 20 heavy (non-hydrogen) atoms. The number of fused-ring (bicyclic) bond motifs is 1. The van der Waals surface area contributed by atoms with Crippen LogP contribution in [0.4, 0.5) is 0 Å². The molecule has 3 atom stereocenters. The predicted molar refractivity (Wildman–Crippen MR) is 81.1 cm³/mol. The molecule has 3 unspecified atom stereocenters. The highest BCUT2D eigenvalue weighted by Crippen LogP contribution is 2.27. The summed E-state index contributed by atoms with van der Waals surface area (Å²) in [7, 11) is 0. The lowest BCUT2D eigenvalue weighted by Crippen LogP contribution is -2.64. The van der Waals surface area contributed by atoms with Gasteiger partial charge in [0.05, 0.1) is 17.7 Å². The molecule has 0 saturated heterocycles. The number of thiophene rings is 1. The van der Waals surface area contributed by atoms with Crippen LogP contribution < -0.4 is 11.1 Å². The quantitative estimate of drug-likeness (QED) is 0.906. The molecule has 1 aromatic heterocycles. The molecule has 1 aliphatic rings. The lowest BCUT2D eigenvalue weighted by molar-refractivity contribution is -0.0300. The first-order chi connectivity index (χ1) is 9.70. The summed E-state index contributed by atoms with van der Waals surface area (Å²) in [6, 6.07) is 7.83. The first kappa shape index (κ1) is 13.5. The Morgan fingerprint density at radius 1 is 1.50 bits per heavy atom. The van der Waals surface area contributed by atoms with Gasteiger partial charge in [0.1, 0.15) is 0 Å². The molecule has 1 aromatic carbocycles. The highest BCUT2D eigenvalue weighted by molar-refractivity contribution is 7.17. The van der Waals surface area contributed by atoms with Crippen molar-refractivity contribution in [2.45, 2.75) is 31.5 Å². The number of hydrogen-bond acceptors (Lipinski definition) is 4. The molecule has 1 fully saturated rings. The van der Waals surface area contributed by atoms with E-state index in [0.717, 1.165) is 22.1 Å². The largest absolute Gasteiger partial charge is 0.376 e. The van der Waals surface area contributed by atoms with Crippen molar-refractivity contribution in [3.8, 4) is 0 Å². The molecule has 1 amide bonds. The molecule has 3 N–H and O–H groups in total. The number of carbonyl (C=O) groups excluding carboxylic acids is 1. The highest BCUT2D eigenvalue weighted by atomic mass is 32.1. The van der Waals surface area contributed by atoms with E-state index in [2.05, 4.69) is 5.32 Å². The minimum atomic E-state index is -0.0823. The van der Waals surface area contributed by atoms with Crippen LogP contribution in [0.3, 0.4) is 0 Å². The fourth-order valence-corrected chi connectivity index (χ4v) is 3.55. The van der Waals surface area contributed by atoms with Crippen LogP contribution in [0.2, 0.25) is 0 Å². The van der Waals surface area contributed by atoms with Crippen molar-refractivity contribution < 1.29 is 9.53 Å². The average Bonchev–Trinajstić information content (AvgIpc) is 2.88. The van der Waals surface area contributed by atoms with Crippen LogP contribution in [-0.4, -0.2) is 30.7 Å². The number of ether oxygens (including phenoxy) is 1. The third-order valence-electron chi connectivity index (χ3n) is 3.77. The van der Waals surface area contributed by atoms with Gasteiger partial charge < -0.3 is 15.8 Å². The normalized spacial score (nSPS) is 25.4. The summed E-state index contributed by atoms with van der Waals surface area (Å²) < 4.78 is 6.70. The number of nitrogens with two attached hydrogens (primary N) is 1. The Hall–Kier alpha value is -1.43. The summed E-state index contributed by atoms with van der Waals surface area (Å²) in [4.78, 5) is 12.4. The van der Waals surface area contributed by atoms with Gasteiger partial charge in [-0.05, 0) is 19.4 Å². The zero-order valence-corrected chi connectivity index (χ0v) is 12.2. The van der Waals surface area contributed by atoms with Gasteiger partial charge in [0.25, 0.3) is 5.91 Å². The molecule has 4 nitrogen and oxygen atoms in total. The van der Waals surface area contributed by atoms with Crippen LogP contribution in [0.15, 0.2) is 29.6 Å². The highest BCUT2D eigenvalue weighted by Gasteiger charge is 2.40. The maximum absolute atomic E-state index is 12.4. The Morgan fingerprint density at radius 2 is 2.30 bits per heavy atom. The average molecular weight is 290 g/mol. The third-order valence-corrected chi connectivity index (χ3v) is 4.73. The van der Waals surface area contributed by atoms with E-state index < -0.39 is 0 Å². The van der Waals surface area contributed by atoms with Gasteiger partial charge in [0.15, 0.2) is 0 Å². The van der Waals surface area contributed by atoms with Crippen molar-refractivity contribution in [2.75, 3.05) is 6.61 Å². The second kappa shape index (κ2) is 5.52. The standard InChI is InChI=1S/C15H18N2O2S/c1-2-19-12-7-11(16)14(12)17-15(18)10-8-20-13-6-4-3-5-9(10)13/h3-6,8,11-12,14H,2,7,16H2,1H3,(H,17,18). The summed E-state index contributed by atoms with van der Waals surface area (Å²) in [5.41, 5.74) is 6.69. The smallest absolute Gasteiger partial charge is 0.253 e. The predicted octanol–water partition coefficient (Wildman–Crippen LogP) is 2.14. The van der Waals surface area contributed by atoms with E-state index in [4.69, 9.17) is 10.5 Å². The van der Waals surface area contributed by atoms with E-state index >= 15 is 0 Å². The van der Waals surface area contributed by atoms with Gasteiger partial charge >= 0.3 is 0 Å². The molecule has 3 rings (SSSR count). The Morgan fingerprint density at radius 3 is 3.05 bits per heavy atom. The molecule has 0 radical (unpaired) electrons. The summed E-state index contributed by atoms with van der Waals surface area (Å²) >= 11 is 1.58. The zero-order valence-electron chi connectivity index (χ0n) is 11.3. The second-order valence-corrected chi connectivity index (χ2v) is 5.95. The van der Waals surface area contributed by atoms with Gasteiger partial charge in [-0.25, -0.2) is 0 Å². The number of amides is 1. The summed E-state index contributed by atoms with van der Waals surface area (Å²) in [5, 5.41) is 5.91. The van der Waals surface area contributed by atoms with Crippen LogP contribution in [0.5, 0.6) is 0 Å². The molecule has 0 bridgehead atoms. The Bertz CT molecular complexity index is 623. The molecule has 2 aromatic rings. The van der Waals surface area contributed by atoms with Gasteiger partial charge in [-0.1, -0.05) is 18.2 Å². The van der Waals surface area contributed by atoms with Crippen LogP contribution in [-0.2, 0) is 4.74 Å². The van der Waals surface area contributed by atoms with E-state index in [0.29, 0.717) is 6.61 Å². The van der Waals surface area contributed by atoms with E-state index in [1.807, 2.05) is 36.6 Å². The first-order valence-corrected chi connectivity index (χ1v) is 7.73. The summed E-state index contributed by atoms with van der Waals surface area (Å²) in [5.74, 6) is -0.0627. The molecule has 1 saturated carbocycles. The Kier molecular flexibility index (Phi) is 3.74. The lowest BCUT2D eigenvalue weighted by atomic mass is 9.83. The zero-order chi connectivity index (χ0) is 14.1. The first-order valence-electron chi connectivity index (χ1n) is 6.85. The minimum Gasteiger partial charge on any atom is -0.376 e. The number of rotatable bonds is 4. The van der Waals surface area contributed by atoms with Crippen LogP contribution in [0.1, 0.15) is 23.7 Å². The minimum absolute atomic E-state index is 0.0135. The second-order valence-electron chi connectivity index (χ2n) is 5.04. The fourth-order valence-electron chi connectivity index (χ4n) is 2.61. The van der Waals surface area contributed by atoms with Crippen molar-refractivity contribution in [1.82, 2.24) is 5.32 Å². The van der Waals surface area contributed by atoms with Gasteiger partial charge in [0.2, 0.25) is 0 Å². The molecule has 1 aliphatic carbocycles. The van der Waals surface area contributed by atoms with Crippen molar-refractivity contribution in [3.63, 3.8) is 0 Å². The van der Waals surface area contributed by atoms with Crippen LogP contribution in [0, 0.1) is 0 Å². The van der Waals surface area contributed by atoms with Crippen molar-refractivity contribution in [3.05, 3.63) is 35.2 Å². The van der Waals surface area contributed by atoms with Gasteiger partial charge in [-0.3, -0.25) is 4.79 Å². The summed E-state index contributed by atoms with van der Waals surface area (Å²) in [6.45, 7) is 2.60.